The van der Waals surface area contributed by atoms with Crippen molar-refractivity contribution in [2.75, 3.05) is 48.9 Å². The molecule has 0 atom stereocenters. The van der Waals surface area contributed by atoms with Gasteiger partial charge in [-0.1, -0.05) is 18.7 Å². The Labute approximate surface area is 210 Å². The van der Waals surface area contributed by atoms with Crippen LogP contribution in [0.15, 0.2) is 61.3 Å². The Morgan fingerprint density at radius 1 is 1.14 bits per heavy atom. The molecule has 1 aromatic heterocycles. The SMILES string of the molecule is C=CC(=O)Nc1cccc(-c2nc(Nc3ccc(OC)c(N4CCOCC4)c3)ncc2OC(F)(F)F)c1. The van der Waals surface area contributed by atoms with Crippen LogP contribution in [0.4, 0.5) is 36.2 Å². The summed E-state index contributed by atoms with van der Waals surface area (Å²) in [6, 6.07) is 11.5. The number of nitrogens with zero attached hydrogens (tertiary/aromatic N) is 3. The van der Waals surface area contributed by atoms with Crippen molar-refractivity contribution in [2.24, 2.45) is 0 Å². The molecule has 2 N–H and O–H groups in total. The monoisotopic (exact) mass is 515 g/mol. The number of morpholine rings is 1. The maximum absolute atomic E-state index is 13.1. The molecule has 1 amide bonds. The molecular formula is C25H24F3N5O4. The number of hydrogen-bond acceptors (Lipinski definition) is 8. The lowest BCUT2D eigenvalue weighted by Gasteiger charge is -2.30. The van der Waals surface area contributed by atoms with Crippen molar-refractivity contribution in [2.45, 2.75) is 6.36 Å². The van der Waals surface area contributed by atoms with Crippen LogP contribution >= 0.6 is 0 Å². The first-order valence-corrected chi connectivity index (χ1v) is 11.2. The predicted octanol–water partition coefficient (Wildman–Crippen LogP) is 4.76. The summed E-state index contributed by atoms with van der Waals surface area (Å²) < 4.78 is 54.3. The zero-order chi connectivity index (χ0) is 26.4. The van der Waals surface area contributed by atoms with Crippen LogP contribution in [0, 0.1) is 0 Å². The second-order valence-electron chi connectivity index (χ2n) is 7.84. The Morgan fingerprint density at radius 3 is 2.62 bits per heavy atom. The molecule has 194 valence electrons. The molecule has 12 heteroatoms. The maximum atomic E-state index is 13.1. The molecule has 9 nitrogen and oxygen atoms in total. The van der Waals surface area contributed by atoms with Crippen LogP contribution in [0.25, 0.3) is 11.3 Å². The van der Waals surface area contributed by atoms with Gasteiger partial charge in [-0.2, -0.15) is 0 Å². The molecule has 3 aromatic rings. The van der Waals surface area contributed by atoms with E-state index in [1.807, 2.05) is 6.07 Å². The van der Waals surface area contributed by atoms with Crippen molar-refractivity contribution in [1.82, 2.24) is 9.97 Å². The predicted molar refractivity (Wildman–Crippen MR) is 132 cm³/mol. The summed E-state index contributed by atoms with van der Waals surface area (Å²) in [7, 11) is 1.58. The summed E-state index contributed by atoms with van der Waals surface area (Å²) >= 11 is 0. The van der Waals surface area contributed by atoms with E-state index in [1.54, 1.807) is 37.4 Å². The van der Waals surface area contributed by atoms with Gasteiger partial charge in [0.2, 0.25) is 11.9 Å². The Hall–Kier alpha value is -4.32. The quantitative estimate of drug-likeness (QED) is 0.415. The summed E-state index contributed by atoms with van der Waals surface area (Å²) in [6.45, 7) is 5.92. The van der Waals surface area contributed by atoms with Crippen molar-refractivity contribution in [3.05, 3.63) is 61.3 Å². The molecule has 1 aliphatic rings. The minimum atomic E-state index is -4.95. The molecule has 2 aromatic carbocycles. The second kappa shape index (κ2) is 11.2. The van der Waals surface area contributed by atoms with Crippen LogP contribution in [-0.2, 0) is 9.53 Å². The number of hydrogen-bond donors (Lipinski definition) is 2. The van der Waals surface area contributed by atoms with Crippen LogP contribution in [0.5, 0.6) is 11.5 Å². The van der Waals surface area contributed by atoms with Crippen molar-refractivity contribution in [3.63, 3.8) is 0 Å². The Kier molecular flexibility index (Phi) is 7.77. The van der Waals surface area contributed by atoms with Gasteiger partial charge in [0.25, 0.3) is 0 Å². The largest absolute Gasteiger partial charge is 0.573 e. The van der Waals surface area contributed by atoms with E-state index in [4.69, 9.17) is 9.47 Å². The zero-order valence-electron chi connectivity index (χ0n) is 19.8. The number of methoxy groups -OCH3 is 1. The van der Waals surface area contributed by atoms with Crippen molar-refractivity contribution in [1.29, 1.82) is 0 Å². The molecule has 0 unspecified atom stereocenters. The third kappa shape index (κ3) is 6.67. The van der Waals surface area contributed by atoms with E-state index in [2.05, 4.69) is 36.8 Å². The van der Waals surface area contributed by atoms with Gasteiger partial charge in [-0.05, 0) is 36.4 Å². The minimum Gasteiger partial charge on any atom is -0.495 e. The fraction of sp³-hybridized carbons (Fsp3) is 0.240. The van der Waals surface area contributed by atoms with Crippen LogP contribution in [-0.4, -0.2) is 55.7 Å². The van der Waals surface area contributed by atoms with E-state index >= 15 is 0 Å². The summed E-state index contributed by atoms with van der Waals surface area (Å²) in [4.78, 5) is 22.1. The highest BCUT2D eigenvalue weighted by atomic mass is 19.4. The van der Waals surface area contributed by atoms with Crippen molar-refractivity contribution >= 4 is 28.9 Å². The smallest absolute Gasteiger partial charge is 0.495 e. The first kappa shape index (κ1) is 25.8. The van der Waals surface area contributed by atoms with Crippen LogP contribution < -0.4 is 25.0 Å². The zero-order valence-corrected chi connectivity index (χ0v) is 19.8. The number of carbonyl (C=O) groups is 1. The minimum absolute atomic E-state index is 0.0446. The van der Waals surface area contributed by atoms with Gasteiger partial charge in [0.05, 0.1) is 32.2 Å². The fourth-order valence-electron chi connectivity index (χ4n) is 3.72. The summed E-state index contributed by atoms with van der Waals surface area (Å²) in [5.74, 6) is -0.344. The number of anilines is 4. The highest BCUT2D eigenvalue weighted by Gasteiger charge is 2.33. The average molecular weight is 515 g/mol. The third-order valence-electron chi connectivity index (χ3n) is 5.36. The van der Waals surface area contributed by atoms with Gasteiger partial charge < -0.3 is 29.7 Å². The summed E-state index contributed by atoms with van der Waals surface area (Å²) in [5, 5.41) is 5.60. The highest BCUT2D eigenvalue weighted by molar-refractivity contribution is 5.99. The number of rotatable bonds is 8. The number of carbonyl (C=O) groups excluding carboxylic acids is 1. The fourth-order valence-corrected chi connectivity index (χ4v) is 3.72. The van der Waals surface area contributed by atoms with Gasteiger partial charge in [-0.25, -0.2) is 9.97 Å². The molecule has 0 spiro atoms. The van der Waals surface area contributed by atoms with Crippen LogP contribution in [0.2, 0.25) is 0 Å². The lowest BCUT2D eigenvalue weighted by Crippen LogP contribution is -2.36. The number of benzene rings is 2. The molecule has 2 heterocycles. The second-order valence-corrected chi connectivity index (χ2v) is 7.84. The number of nitrogens with one attached hydrogen (secondary N) is 2. The third-order valence-corrected chi connectivity index (χ3v) is 5.36. The molecule has 4 rings (SSSR count). The van der Waals surface area contributed by atoms with Crippen LogP contribution in [0.3, 0.4) is 0 Å². The Bertz CT molecular complexity index is 1280. The number of halogens is 3. The Morgan fingerprint density at radius 2 is 1.92 bits per heavy atom. The van der Waals surface area contributed by atoms with Crippen molar-refractivity contribution in [3.8, 4) is 22.8 Å². The van der Waals surface area contributed by atoms with Gasteiger partial charge in [-0.15, -0.1) is 13.2 Å². The van der Waals surface area contributed by atoms with E-state index in [9.17, 15) is 18.0 Å². The van der Waals surface area contributed by atoms with Gasteiger partial charge >= 0.3 is 6.36 Å². The lowest BCUT2D eigenvalue weighted by atomic mass is 10.1. The first-order chi connectivity index (χ1) is 17.8. The standard InChI is InChI=1S/C25H24F3N5O4/c1-3-22(34)30-17-6-4-5-16(13-17)23-21(37-25(26,27)28)15-29-24(32-23)31-18-7-8-20(35-2)19(14-18)33-9-11-36-12-10-33/h3-8,13-15H,1,9-12H2,2H3,(H,30,34)(H,29,31,32). The van der Waals surface area contributed by atoms with Gasteiger partial charge in [-0.3, -0.25) is 4.79 Å². The van der Waals surface area contributed by atoms with E-state index < -0.39 is 18.0 Å². The molecule has 37 heavy (non-hydrogen) atoms. The number of amides is 1. The van der Waals surface area contributed by atoms with Gasteiger partial charge in [0.1, 0.15) is 11.4 Å². The molecular weight excluding hydrogens is 491 g/mol. The number of aromatic nitrogens is 2. The summed E-state index contributed by atoms with van der Waals surface area (Å²) in [6.07, 6.45) is -2.93. The Balaban J connectivity index is 1.68. The van der Waals surface area contributed by atoms with Crippen molar-refractivity contribution < 1.29 is 32.2 Å². The average Bonchev–Trinajstić information content (AvgIpc) is 2.89. The van der Waals surface area contributed by atoms with Gasteiger partial charge in [0.15, 0.2) is 5.75 Å². The molecule has 1 saturated heterocycles. The van der Waals surface area contributed by atoms with E-state index in [0.29, 0.717) is 43.4 Å². The molecule has 1 fully saturated rings. The van der Waals surface area contributed by atoms with E-state index in [-0.39, 0.29) is 17.2 Å². The van der Waals surface area contributed by atoms with E-state index in [1.165, 1.54) is 6.07 Å². The normalized spacial score (nSPS) is 13.6. The molecule has 0 saturated carbocycles. The number of alkyl halides is 3. The lowest BCUT2D eigenvalue weighted by molar-refractivity contribution is -0.274. The van der Waals surface area contributed by atoms with Crippen LogP contribution in [0.1, 0.15) is 0 Å². The molecule has 0 aliphatic carbocycles. The first-order valence-electron chi connectivity index (χ1n) is 11.2. The maximum Gasteiger partial charge on any atom is 0.573 e. The van der Waals surface area contributed by atoms with Gasteiger partial charge in [0, 0.05) is 30.0 Å². The number of ether oxygens (including phenoxy) is 3. The highest BCUT2D eigenvalue weighted by Crippen LogP contribution is 2.36. The molecule has 0 radical (unpaired) electrons. The molecule has 1 aliphatic heterocycles. The topological polar surface area (TPSA) is 97.8 Å². The summed E-state index contributed by atoms with van der Waals surface area (Å²) in [5.41, 5.74) is 1.93. The van der Waals surface area contributed by atoms with E-state index in [0.717, 1.165) is 18.0 Å². The molecule has 0 bridgehead atoms.